The van der Waals surface area contributed by atoms with Crippen molar-refractivity contribution in [2.75, 3.05) is 11.5 Å². The quantitative estimate of drug-likeness (QED) is 0.631. The Morgan fingerprint density at radius 3 is 2.67 bits per heavy atom. The number of aromatic nitrogens is 1. The molecule has 1 atom stereocenters. The third kappa shape index (κ3) is 3.43. The number of fused-ring (bicyclic) bond motifs is 1. The van der Waals surface area contributed by atoms with E-state index in [2.05, 4.69) is 56.6 Å². The van der Waals surface area contributed by atoms with Crippen molar-refractivity contribution in [1.82, 2.24) is 4.98 Å². The van der Waals surface area contributed by atoms with E-state index in [1.165, 1.54) is 9.04 Å². The van der Waals surface area contributed by atoms with Gasteiger partial charge in [0.1, 0.15) is 0 Å². The fourth-order valence-corrected chi connectivity index (χ4v) is 5.04. The van der Waals surface area contributed by atoms with Crippen LogP contribution in [0.15, 0.2) is 28.6 Å². The number of thioether (sulfide) groups is 1. The smallest absolute Gasteiger partial charge is 0.151 e. The minimum Gasteiger partial charge on any atom is -0.230 e. The fraction of sp³-hybridized carbons (Fsp3) is 0.500. The summed E-state index contributed by atoms with van der Waals surface area (Å²) < 4.78 is 2.45. The van der Waals surface area contributed by atoms with Gasteiger partial charge in [0.2, 0.25) is 0 Å². The van der Waals surface area contributed by atoms with Crippen molar-refractivity contribution in [2.24, 2.45) is 11.3 Å². The lowest BCUT2D eigenvalue weighted by Crippen LogP contribution is -2.24. The number of thiol groups is 1. The maximum Gasteiger partial charge on any atom is 0.151 e. The van der Waals surface area contributed by atoms with Crippen LogP contribution >= 0.6 is 35.7 Å². The lowest BCUT2D eigenvalue weighted by molar-refractivity contribution is 0.294. The first-order chi connectivity index (χ1) is 8.50. The van der Waals surface area contributed by atoms with Crippen LogP contribution in [0.3, 0.4) is 0 Å². The summed E-state index contributed by atoms with van der Waals surface area (Å²) in [5.41, 5.74) is 1.43. The average molecular weight is 298 g/mol. The van der Waals surface area contributed by atoms with E-state index in [4.69, 9.17) is 0 Å². The van der Waals surface area contributed by atoms with Crippen LogP contribution < -0.4 is 0 Å². The molecule has 1 heterocycles. The minimum absolute atomic E-state index is 0.311. The Morgan fingerprint density at radius 2 is 2.06 bits per heavy atom. The van der Waals surface area contributed by atoms with Gasteiger partial charge in [-0.25, -0.2) is 4.98 Å². The van der Waals surface area contributed by atoms with Crippen LogP contribution in [0.4, 0.5) is 0 Å². The zero-order chi connectivity index (χ0) is 13.2. The molecule has 1 aromatic heterocycles. The van der Waals surface area contributed by atoms with Gasteiger partial charge in [-0.3, -0.25) is 0 Å². The Morgan fingerprint density at radius 1 is 1.33 bits per heavy atom. The highest BCUT2D eigenvalue weighted by atomic mass is 32.2. The molecule has 98 valence electrons. The zero-order valence-corrected chi connectivity index (χ0v) is 13.5. The molecule has 0 N–H and O–H groups in total. The van der Waals surface area contributed by atoms with Crippen molar-refractivity contribution in [3.05, 3.63) is 24.3 Å². The third-order valence-corrected chi connectivity index (χ3v) is 5.91. The molecular weight excluding hydrogens is 278 g/mol. The van der Waals surface area contributed by atoms with Crippen LogP contribution in [0.25, 0.3) is 10.2 Å². The van der Waals surface area contributed by atoms with Crippen LogP contribution in [0.5, 0.6) is 0 Å². The molecule has 0 aliphatic rings. The Kier molecular flexibility index (Phi) is 4.62. The average Bonchev–Trinajstić information content (AvgIpc) is 2.70. The number of rotatable bonds is 4. The van der Waals surface area contributed by atoms with E-state index in [1.54, 1.807) is 11.3 Å². The second-order valence-corrected chi connectivity index (χ2v) is 8.17. The zero-order valence-electron chi connectivity index (χ0n) is 11.0. The van der Waals surface area contributed by atoms with Gasteiger partial charge >= 0.3 is 0 Å². The predicted molar refractivity (Wildman–Crippen MR) is 87.1 cm³/mol. The SMILES string of the molecule is CC(C)(C)C(CS)CSc1nc2ccccc2s1. The summed E-state index contributed by atoms with van der Waals surface area (Å²) in [7, 11) is 0. The summed E-state index contributed by atoms with van der Waals surface area (Å²) in [4.78, 5) is 4.66. The number of hydrogen-bond donors (Lipinski definition) is 1. The molecule has 0 aliphatic carbocycles. The number of hydrogen-bond acceptors (Lipinski definition) is 4. The molecule has 0 bridgehead atoms. The standard InChI is InChI=1S/C14H19NS3/c1-14(2,3)10(8-16)9-17-13-15-11-6-4-5-7-12(11)18-13/h4-7,10,16H,8-9H2,1-3H3. The summed E-state index contributed by atoms with van der Waals surface area (Å²) in [6.45, 7) is 6.85. The minimum atomic E-state index is 0.311. The van der Waals surface area contributed by atoms with Crippen LogP contribution in [-0.2, 0) is 0 Å². The van der Waals surface area contributed by atoms with Crippen LogP contribution in [0.2, 0.25) is 0 Å². The number of nitrogens with zero attached hydrogens (tertiary/aromatic N) is 1. The first-order valence-corrected chi connectivity index (χ1v) is 8.53. The van der Waals surface area contributed by atoms with Crippen LogP contribution in [0, 0.1) is 11.3 Å². The Hall–Kier alpha value is -0.190. The van der Waals surface area contributed by atoms with Gasteiger partial charge in [-0.1, -0.05) is 44.7 Å². The second kappa shape index (κ2) is 5.85. The van der Waals surface area contributed by atoms with Crippen molar-refractivity contribution in [3.63, 3.8) is 0 Å². The molecule has 4 heteroatoms. The van der Waals surface area contributed by atoms with Gasteiger partial charge < -0.3 is 0 Å². The highest BCUT2D eigenvalue weighted by Gasteiger charge is 2.23. The van der Waals surface area contributed by atoms with Crippen LogP contribution in [-0.4, -0.2) is 16.5 Å². The normalized spacial score (nSPS) is 14.0. The maximum atomic E-state index is 4.66. The van der Waals surface area contributed by atoms with E-state index in [0.717, 1.165) is 17.0 Å². The van der Waals surface area contributed by atoms with Gasteiger partial charge in [0, 0.05) is 5.75 Å². The summed E-state index contributed by atoms with van der Waals surface area (Å²) in [5, 5.41) is 0. The lowest BCUT2D eigenvalue weighted by atomic mass is 9.83. The van der Waals surface area contributed by atoms with Crippen molar-refractivity contribution >= 4 is 45.9 Å². The topological polar surface area (TPSA) is 12.9 Å². The number of benzene rings is 1. The van der Waals surface area contributed by atoms with Crippen molar-refractivity contribution in [2.45, 2.75) is 25.1 Å². The van der Waals surface area contributed by atoms with Gasteiger partial charge in [-0.15, -0.1) is 11.3 Å². The summed E-state index contributed by atoms with van der Waals surface area (Å²) >= 11 is 8.13. The van der Waals surface area contributed by atoms with Gasteiger partial charge in [0.25, 0.3) is 0 Å². The van der Waals surface area contributed by atoms with Gasteiger partial charge in [0.05, 0.1) is 10.2 Å². The van der Waals surface area contributed by atoms with Gasteiger partial charge in [-0.2, -0.15) is 12.6 Å². The molecule has 0 saturated heterocycles. The highest BCUT2D eigenvalue weighted by Crippen LogP contribution is 2.35. The summed E-state index contributed by atoms with van der Waals surface area (Å²) in [6.07, 6.45) is 0. The molecule has 2 aromatic rings. The molecule has 2 rings (SSSR count). The highest BCUT2D eigenvalue weighted by molar-refractivity contribution is 8.01. The monoisotopic (exact) mass is 297 g/mol. The molecule has 0 aliphatic heterocycles. The molecule has 0 amide bonds. The van der Waals surface area contributed by atoms with Gasteiger partial charge in [-0.05, 0) is 29.2 Å². The molecular formula is C14H19NS3. The molecule has 18 heavy (non-hydrogen) atoms. The second-order valence-electron chi connectivity index (χ2n) is 5.50. The van der Waals surface area contributed by atoms with Crippen molar-refractivity contribution in [1.29, 1.82) is 0 Å². The Balaban J connectivity index is 2.05. The summed E-state index contributed by atoms with van der Waals surface area (Å²) in [6, 6.07) is 8.33. The van der Waals surface area contributed by atoms with E-state index >= 15 is 0 Å². The Labute approximate surface area is 123 Å². The third-order valence-electron chi connectivity index (χ3n) is 3.13. The Bertz CT molecular complexity index is 480. The van der Waals surface area contributed by atoms with E-state index in [0.29, 0.717) is 11.3 Å². The number of thiazole rings is 1. The molecule has 0 spiro atoms. The largest absolute Gasteiger partial charge is 0.230 e. The van der Waals surface area contributed by atoms with E-state index < -0.39 is 0 Å². The van der Waals surface area contributed by atoms with Crippen molar-refractivity contribution in [3.8, 4) is 0 Å². The molecule has 0 saturated carbocycles. The molecule has 1 aromatic carbocycles. The lowest BCUT2D eigenvalue weighted by Gasteiger charge is -2.28. The van der Waals surface area contributed by atoms with Crippen molar-refractivity contribution < 1.29 is 0 Å². The van der Waals surface area contributed by atoms with E-state index in [1.807, 2.05) is 17.8 Å². The molecule has 1 nitrogen and oxygen atoms in total. The molecule has 1 unspecified atom stereocenters. The van der Waals surface area contributed by atoms with Gasteiger partial charge in [0.15, 0.2) is 4.34 Å². The van der Waals surface area contributed by atoms with E-state index in [9.17, 15) is 0 Å². The maximum absolute atomic E-state index is 4.66. The molecule has 0 fully saturated rings. The fourth-order valence-electron chi connectivity index (χ4n) is 1.66. The first kappa shape index (κ1) is 14.2. The summed E-state index contributed by atoms with van der Waals surface area (Å²) in [5.74, 6) is 2.63. The number of para-hydroxylation sites is 1. The first-order valence-electron chi connectivity index (χ1n) is 6.10. The molecule has 0 radical (unpaired) electrons. The van der Waals surface area contributed by atoms with Crippen LogP contribution in [0.1, 0.15) is 20.8 Å². The predicted octanol–water partition coefficient (Wildman–Crippen LogP) is 4.98. The van der Waals surface area contributed by atoms with E-state index in [-0.39, 0.29) is 0 Å².